The largest absolute Gasteiger partial charge is 0.483 e. The molecule has 0 radical (unpaired) electrons. The number of carbonyl (C=O) groups is 2. The maximum Gasteiger partial charge on any atom is 0.257 e. The number of carbonyl (C=O) groups excluding carboxylic acids is 2. The lowest BCUT2D eigenvalue weighted by molar-refractivity contribution is -0.119. The topological polar surface area (TPSA) is 75.9 Å². The summed E-state index contributed by atoms with van der Waals surface area (Å²) in [5.41, 5.74) is 6.89. The van der Waals surface area contributed by atoms with Gasteiger partial charge in [-0.25, -0.2) is 0 Å². The Kier molecular flexibility index (Phi) is 6.66. The number of nitrogens with zero attached hydrogens (tertiary/aromatic N) is 2. The van der Waals surface area contributed by atoms with Crippen LogP contribution in [-0.4, -0.2) is 54.4 Å². The molecule has 2 N–H and O–H groups in total. The van der Waals surface area contributed by atoms with E-state index in [1.54, 1.807) is 29.2 Å². The molecular weight excluding hydrogens is 354 g/mol. The Morgan fingerprint density at radius 2 is 1.86 bits per heavy atom. The molecule has 0 unspecified atom stereocenters. The fraction of sp³-hybridized carbons (Fsp3) is 0.364. The molecule has 6 nitrogen and oxygen atoms in total. The van der Waals surface area contributed by atoms with Crippen LogP contribution in [0.1, 0.15) is 28.8 Å². The van der Waals surface area contributed by atoms with Crippen molar-refractivity contribution < 1.29 is 14.3 Å². The molecule has 28 heavy (non-hydrogen) atoms. The Morgan fingerprint density at radius 1 is 1.14 bits per heavy atom. The van der Waals surface area contributed by atoms with Crippen LogP contribution in [0.3, 0.4) is 0 Å². The van der Waals surface area contributed by atoms with Crippen LogP contribution in [0, 0.1) is 0 Å². The van der Waals surface area contributed by atoms with Gasteiger partial charge in [-0.1, -0.05) is 42.5 Å². The third-order valence-corrected chi connectivity index (χ3v) is 5.09. The van der Waals surface area contributed by atoms with E-state index in [9.17, 15) is 9.59 Å². The van der Waals surface area contributed by atoms with E-state index in [0.29, 0.717) is 11.3 Å². The zero-order chi connectivity index (χ0) is 19.9. The second-order valence-electron chi connectivity index (χ2n) is 7.18. The third kappa shape index (κ3) is 5.10. The first-order chi connectivity index (χ1) is 13.5. The number of para-hydroxylation sites is 1. The lowest BCUT2D eigenvalue weighted by Crippen LogP contribution is -2.48. The number of ether oxygens (including phenoxy) is 1. The van der Waals surface area contributed by atoms with E-state index in [1.165, 1.54) is 5.56 Å². The van der Waals surface area contributed by atoms with Crippen molar-refractivity contribution >= 4 is 11.8 Å². The third-order valence-electron chi connectivity index (χ3n) is 5.09. The minimum atomic E-state index is -0.570. The van der Waals surface area contributed by atoms with Crippen molar-refractivity contribution in [3.63, 3.8) is 0 Å². The molecule has 2 amide bonds. The Hall–Kier alpha value is -2.86. The molecule has 2 aromatic rings. The quantitative estimate of drug-likeness (QED) is 0.798. The zero-order valence-corrected chi connectivity index (χ0v) is 16.2. The van der Waals surface area contributed by atoms with Gasteiger partial charge in [0.2, 0.25) is 0 Å². The average molecular weight is 381 g/mol. The van der Waals surface area contributed by atoms with Crippen molar-refractivity contribution in [1.29, 1.82) is 0 Å². The normalized spacial score (nSPS) is 17.1. The van der Waals surface area contributed by atoms with Gasteiger partial charge in [0.05, 0.1) is 5.56 Å². The van der Waals surface area contributed by atoms with Crippen LogP contribution < -0.4 is 10.5 Å². The Labute approximate surface area is 165 Å². The van der Waals surface area contributed by atoms with Crippen LogP contribution in [0.25, 0.3) is 0 Å². The molecule has 148 valence electrons. The summed E-state index contributed by atoms with van der Waals surface area (Å²) in [4.78, 5) is 28.3. The predicted molar refractivity (Wildman–Crippen MR) is 108 cm³/mol. The van der Waals surface area contributed by atoms with Crippen LogP contribution in [0.15, 0.2) is 54.6 Å². The fourth-order valence-electron chi connectivity index (χ4n) is 3.61. The first-order valence-corrected chi connectivity index (χ1v) is 9.58. The predicted octanol–water partition coefficient (Wildman–Crippen LogP) is 2.29. The number of likely N-dealkylation sites (tertiary alicyclic amines) is 1. The van der Waals surface area contributed by atoms with Crippen molar-refractivity contribution in [2.24, 2.45) is 5.73 Å². The van der Waals surface area contributed by atoms with E-state index < -0.39 is 5.91 Å². The second-order valence-corrected chi connectivity index (χ2v) is 7.18. The van der Waals surface area contributed by atoms with Gasteiger partial charge in [-0.15, -0.1) is 0 Å². The van der Waals surface area contributed by atoms with Gasteiger partial charge in [-0.2, -0.15) is 0 Å². The highest BCUT2D eigenvalue weighted by Crippen LogP contribution is 2.23. The molecule has 0 saturated carbocycles. The molecule has 1 aliphatic rings. The molecule has 2 aromatic carbocycles. The standard InChI is InChI=1S/C22H27N3O3/c1-24(22(27)19-11-5-6-12-20(19)28-16-21(23)26)18-10-7-13-25(15-18)14-17-8-3-2-4-9-17/h2-6,8-9,11-12,18H,7,10,13-16H2,1H3,(H2,23,26)/t18-/m0/s1. The zero-order valence-electron chi connectivity index (χ0n) is 16.2. The van der Waals surface area contributed by atoms with Crippen LogP contribution in [-0.2, 0) is 11.3 Å². The summed E-state index contributed by atoms with van der Waals surface area (Å²) in [7, 11) is 1.84. The van der Waals surface area contributed by atoms with E-state index >= 15 is 0 Å². The molecule has 1 heterocycles. The number of piperidine rings is 1. The molecule has 1 fully saturated rings. The molecule has 0 aliphatic carbocycles. The summed E-state index contributed by atoms with van der Waals surface area (Å²) in [5, 5.41) is 0. The van der Waals surface area contributed by atoms with Crippen molar-refractivity contribution in [2.75, 3.05) is 26.7 Å². The van der Waals surface area contributed by atoms with Crippen molar-refractivity contribution in [3.05, 3.63) is 65.7 Å². The maximum atomic E-state index is 13.1. The van der Waals surface area contributed by atoms with Crippen molar-refractivity contribution in [3.8, 4) is 5.75 Å². The van der Waals surface area contributed by atoms with Gasteiger partial charge in [0, 0.05) is 26.2 Å². The number of likely N-dealkylation sites (N-methyl/N-ethyl adjacent to an activating group) is 1. The second kappa shape index (κ2) is 9.37. The minimum Gasteiger partial charge on any atom is -0.483 e. The maximum absolute atomic E-state index is 13.1. The Balaban J connectivity index is 1.67. The number of benzene rings is 2. The van der Waals surface area contributed by atoms with Crippen LogP contribution in [0.2, 0.25) is 0 Å². The molecule has 1 atom stereocenters. The number of hydrogen-bond acceptors (Lipinski definition) is 4. The van der Waals surface area contributed by atoms with E-state index in [4.69, 9.17) is 10.5 Å². The summed E-state index contributed by atoms with van der Waals surface area (Å²) in [6.07, 6.45) is 2.02. The van der Waals surface area contributed by atoms with Crippen LogP contribution in [0.5, 0.6) is 5.75 Å². The van der Waals surface area contributed by atoms with Gasteiger partial charge in [0.1, 0.15) is 5.75 Å². The minimum absolute atomic E-state index is 0.105. The molecule has 3 rings (SSSR count). The van der Waals surface area contributed by atoms with Gasteiger partial charge >= 0.3 is 0 Å². The number of nitrogens with two attached hydrogens (primary N) is 1. The van der Waals surface area contributed by atoms with Gasteiger partial charge in [-0.05, 0) is 37.1 Å². The van der Waals surface area contributed by atoms with Crippen molar-refractivity contribution in [1.82, 2.24) is 9.80 Å². The SMILES string of the molecule is CN(C(=O)c1ccccc1OCC(N)=O)[C@H]1CCCN(Cc2ccccc2)C1. The smallest absolute Gasteiger partial charge is 0.257 e. The number of primary amides is 1. The van der Waals surface area contributed by atoms with E-state index in [0.717, 1.165) is 32.5 Å². The summed E-state index contributed by atoms with van der Waals surface area (Å²) in [6, 6.07) is 17.5. The number of hydrogen-bond donors (Lipinski definition) is 1. The fourth-order valence-corrected chi connectivity index (χ4v) is 3.61. The number of rotatable bonds is 7. The Morgan fingerprint density at radius 3 is 2.61 bits per heavy atom. The molecular formula is C22H27N3O3. The highest BCUT2D eigenvalue weighted by Gasteiger charge is 2.28. The first-order valence-electron chi connectivity index (χ1n) is 9.58. The first kappa shape index (κ1) is 19.9. The van der Waals surface area contributed by atoms with Crippen molar-refractivity contribution in [2.45, 2.75) is 25.4 Å². The summed E-state index contributed by atoms with van der Waals surface area (Å²) in [6.45, 7) is 2.51. The molecule has 1 aliphatic heterocycles. The molecule has 0 bridgehead atoms. The lowest BCUT2D eigenvalue weighted by atomic mass is 10.0. The molecule has 1 saturated heterocycles. The molecule has 6 heteroatoms. The summed E-state index contributed by atoms with van der Waals surface area (Å²) >= 11 is 0. The lowest BCUT2D eigenvalue weighted by Gasteiger charge is -2.37. The summed E-state index contributed by atoms with van der Waals surface area (Å²) in [5.74, 6) is -0.291. The molecule has 0 aromatic heterocycles. The van der Waals surface area contributed by atoms with E-state index in [1.807, 2.05) is 13.1 Å². The van der Waals surface area contributed by atoms with Gasteiger partial charge < -0.3 is 15.4 Å². The highest BCUT2D eigenvalue weighted by molar-refractivity contribution is 5.97. The van der Waals surface area contributed by atoms with Crippen LogP contribution >= 0.6 is 0 Å². The van der Waals surface area contributed by atoms with E-state index in [-0.39, 0.29) is 18.6 Å². The Bertz CT molecular complexity index is 810. The summed E-state index contributed by atoms with van der Waals surface area (Å²) < 4.78 is 5.42. The number of amides is 2. The molecule has 0 spiro atoms. The van der Waals surface area contributed by atoms with Gasteiger partial charge in [0.15, 0.2) is 6.61 Å². The van der Waals surface area contributed by atoms with Crippen LogP contribution in [0.4, 0.5) is 0 Å². The van der Waals surface area contributed by atoms with Gasteiger partial charge in [0.25, 0.3) is 11.8 Å². The monoisotopic (exact) mass is 381 g/mol. The van der Waals surface area contributed by atoms with E-state index in [2.05, 4.69) is 29.2 Å². The average Bonchev–Trinajstić information content (AvgIpc) is 2.72. The van der Waals surface area contributed by atoms with Gasteiger partial charge in [-0.3, -0.25) is 14.5 Å². The highest BCUT2D eigenvalue weighted by atomic mass is 16.5.